The van der Waals surface area contributed by atoms with Gasteiger partial charge in [0.15, 0.2) is 0 Å². The summed E-state index contributed by atoms with van der Waals surface area (Å²) in [5.41, 5.74) is 2.87. The van der Waals surface area contributed by atoms with Crippen LogP contribution < -0.4 is 5.32 Å². The van der Waals surface area contributed by atoms with Crippen molar-refractivity contribution in [3.63, 3.8) is 0 Å². The van der Waals surface area contributed by atoms with Gasteiger partial charge >= 0.3 is 0 Å². The van der Waals surface area contributed by atoms with Crippen LogP contribution in [0.2, 0.25) is 0 Å². The number of aryl methyl sites for hydroxylation is 1. The monoisotopic (exact) mass is 304 g/mol. The summed E-state index contributed by atoms with van der Waals surface area (Å²) in [6.45, 7) is 5.87. The Balaban J connectivity index is 1.90. The Morgan fingerprint density at radius 2 is 2.38 bits per heavy atom. The van der Waals surface area contributed by atoms with Crippen molar-refractivity contribution in [2.45, 2.75) is 69.1 Å². The van der Waals surface area contributed by atoms with Gasteiger partial charge in [0.05, 0.1) is 0 Å². The molecular formula is C18H28N2S. The van der Waals surface area contributed by atoms with Gasteiger partial charge in [-0.2, -0.15) is 11.8 Å². The number of rotatable bonds is 5. The van der Waals surface area contributed by atoms with Crippen molar-refractivity contribution in [2.24, 2.45) is 0 Å². The molecule has 2 aliphatic rings. The lowest BCUT2D eigenvalue weighted by atomic mass is 9.76. The molecule has 3 unspecified atom stereocenters. The van der Waals surface area contributed by atoms with E-state index in [1.807, 2.05) is 6.20 Å². The molecule has 1 aromatic rings. The van der Waals surface area contributed by atoms with Gasteiger partial charge in [-0.05, 0) is 69.4 Å². The molecule has 3 atom stereocenters. The fourth-order valence-corrected chi connectivity index (χ4v) is 5.57. The molecule has 2 nitrogen and oxygen atoms in total. The van der Waals surface area contributed by atoms with Crippen LogP contribution >= 0.6 is 11.8 Å². The van der Waals surface area contributed by atoms with E-state index in [4.69, 9.17) is 4.98 Å². The van der Waals surface area contributed by atoms with Crippen molar-refractivity contribution in [3.8, 4) is 0 Å². The van der Waals surface area contributed by atoms with Crippen LogP contribution in [0.5, 0.6) is 0 Å². The molecule has 1 N–H and O–H groups in total. The molecular weight excluding hydrogens is 276 g/mol. The van der Waals surface area contributed by atoms with E-state index in [9.17, 15) is 0 Å². The van der Waals surface area contributed by atoms with Crippen LogP contribution in [0, 0.1) is 0 Å². The highest BCUT2D eigenvalue weighted by molar-refractivity contribution is 8.00. The number of fused-ring (bicyclic) bond motifs is 1. The molecule has 1 aromatic heterocycles. The van der Waals surface area contributed by atoms with Crippen molar-refractivity contribution >= 4 is 11.8 Å². The van der Waals surface area contributed by atoms with Gasteiger partial charge in [-0.3, -0.25) is 4.98 Å². The molecule has 1 aliphatic carbocycles. The van der Waals surface area contributed by atoms with Gasteiger partial charge in [0.1, 0.15) is 0 Å². The number of aromatic nitrogens is 1. The number of hydrogen-bond donors (Lipinski definition) is 1. The summed E-state index contributed by atoms with van der Waals surface area (Å²) in [4.78, 5) is 4.78. The zero-order chi connectivity index (χ0) is 14.7. The third-order valence-corrected chi connectivity index (χ3v) is 6.77. The predicted octanol–water partition coefficient (Wildman–Crippen LogP) is 4.16. The van der Waals surface area contributed by atoms with E-state index < -0.39 is 0 Å². The maximum Gasteiger partial charge on any atom is 0.0482 e. The van der Waals surface area contributed by atoms with E-state index in [0.29, 0.717) is 16.7 Å². The van der Waals surface area contributed by atoms with Crippen LogP contribution in [0.1, 0.15) is 63.1 Å². The van der Waals surface area contributed by atoms with E-state index in [2.05, 4.69) is 43.1 Å². The average Bonchev–Trinajstić information content (AvgIpc) is 2.95. The largest absolute Gasteiger partial charge is 0.312 e. The van der Waals surface area contributed by atoms with Gasteiger partial charge in [0, 0.05) is 28.6 Å². The maximum atomic E-state index is 4.78. The third kappa shape index (κ3) is 3.14. The number of hydrogen-bond acceptors (Lipinski definition) is 3. The lowest BCUT2D eigenvalue weighted by Crippen LogP contribution is -2.50. The minimum Gasteiger partial charge on any atom is -0.312 e. The molecule has 1 saturated heterocycles. The van der Waals surface area contributed by atoms with Crippen molar-refractivity contribution in [3.05, 3.63) is 29.6 Å². The molecule has 0 amide bonds. The maximum absolute atomic E-state index is 4.78. The molecule has 0 radical (unpaired) electrons. The van der Waals surface area contributed by atoms with Gasteiger partial charge in [-0.1, -0.05) is 13.0 Å². The summed E-state index contributed by atoms with van der Waals surface area (Å²) in [6, 6.07) is 4.95. The topological polar surface area (TPSA) is 24.9 Å². The standard InChI is InChI=1S/C18H28N2S/c1-3-11-20-17(18(2)10-6-13-21-18)15-9-4-7-14-8-5-12-19-16(14)15/h5,8,12,15,17,20H,3-4,6-7,9-11,13H2,1-2H3. The summed E-state index contributed by atoms with van der Waals surface area (Å²) >= 11 is 2.18. The summed E-state index contributed by atoms with van der Waals surface area (Å²) in [5.74, 6) is 1.92. The SMILES string of the molecule is CCCNC(C1CCCc2cccnc21)C1(C)CCCS1. The molecule has 116 valence electrons. The molecule has 0 aromatic carbocycles. The van der Waals surface area contributed by atoms with Gasteiger partial charge in [0.2, 0.25) is 0 Å². The summed E-state index contributed by atoms with van der Waals surface area (Å²) in [7, 11) is 0. The number of thioether (sulfide) groups is 1. The Kier molecular flexibility index (Phi) is 4.90. The zero-order valence-electron chi connectivity index (χ0n) is 13.4. The van der Waals surface area contributed by atoms with Crippen LogP contribution in [0.4, 0.5) is 0 Å². The fourth-order valence-electron chi connectivity index (χ4n) is 4.10. The Labute approximate surface area is 133 Å². The second kappa shape index (κ2) is 6.70. The number of pyridine rings is 1. The molecule has 1 aliphatic heterocycles. The molecule has 3 heteroatoms. The molecule has 1 fully saturated rings. The molecule has 0 saturated carbocycles. The molecule has 2 heterocycles. The molecule has 21 heavy (non-hydrogen) atoms. The first-order chi connectivity index (χ1) is 10.2. The van der Waals surface area contributed by atoms with Crippen molar-refractivity contribution in [1.82, 2.24) is 10.3 Å². The quantitative estimate of drug-likeness (QED) is 0.884. The lowest BCUT2D eigenvalue weighted by molar-refractivity contribution is 0.317. The molecule has 0 spiro atoms. The molecule has 0 bridgehead atoms. The highest BCUT2D eigenvalue weighted by atomic mass is 32.2. The van der Waals surface area contributed by atoms with Crippen LogP contribution in [0.25, 0.3) is 0 Å². The Bertz CT molecular complexity index is 468. The molecule has 3 rings (SSSR count). The predicted molar refractivity (Wildman–Crippen MR) is 92.1 cm³/mol. The second-order valence-electron chi connectivity index (χ2n) is 6.74. The lowest BCUT2D eigenvalue weighted by Gasteiger charge is -2.41. The van der Waals surface area contributed by atoms with Crippen LogP contribution in [0.3, 0.4) is 0 Å². The van der Waals surface area contributed by atoms with Gasteiger partial charge in [-0.25, -0.2) is 0 Å². The average molecular weight is 305 g/mol. The summed E-state index contributed by atoms with van der Waals surface area (Å²) in [6.07, 6.45) is 9.72. The first-order valence-electron chi connectivity index (χ1n) is 8.56. The van der Waals surface area contributed by atoms with Gasteiger partial charge in [0.25, 0.3) is 0 Å². The van der Waals surface area contributed by atoms with E-state index in [0.717, 1.165) is 6.54 Å². The Morgan fingerprint density at radius 1 is 1.48 bits per heavy atom. The van der Waals surface area contributed by atoms with E-state index in [1.165, 1.54) is 55.5 Å². The van der Waals surface area contributed by atoms with E-state index in [1.54, 1.807) is 0 Å². The summed E-state index contributed by atoms with van der Waals surface area (Å²) < 4.78 is 0.381. The second-order valence-corrected chi connectivity index (χ2v) is 8.37. The number of nitrogens with zero attached hydrogens (tertiary/aromatic N) is 1. The Hall–Kier alpha value is -0.540. The minimum atomic E-state index is 0.381. The first-order valence-corrected chi connectivity index (χ1v) is 9.54. The first kappa shape index (κ1) is 15.4. The minimum absolute atomic E-state index is 0.381. The van der Waals surface area contributed by atoms with E-state index in [-0.39, 0.29) is 0 Å². The van der Waals surface area contributed by atoms with Crippen molar-refractivity contribution < 1.29 is 0 Å². The smallest absolute Gasteiger partial charge is 0.0482 e. The van der Waals surface area contributed by atoms with Crippen LogP contribution in [-0.2, 0) is 6.42 Å². The zero-order valence-corrected chi connectivity index (χ0v) is 14.2. The van der Waals surface area contributed by atoms with E-state index >= 15 is 0 Å². The van der Waals surface area contributed by atoms with Crippen LogP contribution in [0.15, 0.2) is 18.3 Å². The van der Waals surface area contributed by atoms with Crippen LogP contribution in [-0.4, -0.2) is 28.1 Å². The van der Waals surface area contributed by atoms with Gasteiger partial charge in [-0.15, -0.1) is 0 Å². The van der Waals surface area contributed by atoms with Crippen molar-refractivity contribution in [1.29, 1.82) is 0 Å². The van der Waals surface area contributed by atoms with Gasteiger partial charge < -0.3 is 5.32 Å². The Morgan fingerprint density at radius 3 is 3.14 bits per heavy atom. The number of nitrogens with one attached hydrogen (secondary N) is 1. The third-order valence-electron chi connectivity index (χ3n) is 5.16. The normalized spacial score (nSPS) is 30.1. The summed E-state index contributed by atoms with van der Waals surface area (Å²) in [5, 5.41) is 3.90. The highest BCUT2D eigenvalue weighted by Crippen LogP contribution is 2.47. The van der Waals surface area contributed by atoms with Crippen molar-refractivity contribution in [2.75, 3.05) is 12.3 Å². The fraction of sp³-hybridized carbons (Fsp3) is 0.722. The highest BCUT2D eigenvalue weighted by Gasteiger charge is 2.43.